The van der Waals surface area contributed by atoms with Crippen molar-refractivity contribution in [2.24, 2.45) is 0 Å². The number of anilines is 2. The molecule has 0 saturated carbocycles. The quantitative estimate of drug-likeness (QED) is 0.820. The Kier molecular flexibility index (Phi) is 2.95. The van der Waals surface area contributed by atoms with Crippen molar-refractivity contribution in [3.63, 3.8) is 0 Å². The van der Waals surface area contributed by atoms with Gasteiger partial charge in [0.05, 0.1) is 35.5 Å². The number of nitrogens with zero attached hydrogens (tertiary/aromatic N) is 4. The summed E-state index contributed by atoms with van der Waals surface area (Å²) in [6.45, 7) is 0. The Bertz CT molecular complexity index is 528. The molecule has 2 rings (SSSR count). The predicted molar refractivity (Wildman–Crippen MR) is 63.4 cm³/mol. The summed E-state index contributed by atoms with van der Waals surface area (Å²) in [6.07, 6.45) is 5.97. The van der Waals surface area contributed by atoms with Gasteiger partial charge in [-0.05, 0) is 12.1 Å². The Morgan fingerprint density at radius 3 is 2.71 bits per heavy atom. The number of carbonyl (C=O) groups excluding carboxylic acids is 1. The van der Waals surface area contributed by atoms with Crippen molar-refractivity contribution in [2.45, 2.75) is 0 Å². The molecule has 0 bridgehead atoms. The summed E-state index contributed by atoms with van der Waals surface area (Å²) in [4.78, 5) is 17.4. The highest BCUT2D eigenvalue weighted by atomic mass is 16.2. The van der Waals surface area contributed by atoms with Crippen LogP contribution in [0.4, 0.5) is 11.4 Å². The highest BCUT2D eigenvalue weighted by molar-refractivity contribution is 6.06. The van der Waals surface area contributed by atoms with Crippen LogP contribution in [0.15, 0.2) is 36.9 Å². The van der Waals surface area contributed by atoms with E-state index in [1.807, 2.05) is 0 Å². The molecule has 0 saturated heterocycles. The third-order valence-corrected chi connectivity index (χ3v) is 2.33. The Labute approximate surface area is 98.1 Å². The third-order valence-electron chi connectivity index (χ3n) is 2.33. The predicted octanol–water partition coefficient (Wildman–Crippen LogP) is 0.730. The Hall–Kier alpha value is -2.50. The minimum absolute atomic E-state index is 0.196. The van der Waals surface area contributed by atoms with Gasteiger partial charge in [-0.3, -0.25) is 9.78 Å². The first kappa shape index (κ1) is 11.0. The Balaban J connectivity index is 2.30. The third kappa shape index (κ3) is 2.20. The van der Waals surface area contributed by atoms with Gasteiger partial charge in [-0.15, -0.1) is 0 Å². The average Bonchev–Trinajstić information content (AvgIpc) is 2.39. The van der Waals surface area contributed by atoms with Crippen LogP contribution in [0.2, 0.25) is 0 Å². The molecule has 0 fully saturated rings. The van der Waals surface area contributed by atoms with Crippen molar-refractivity contribution in [1.29, 1.82) is 0 Å². The largest absolute Gasteiger partial charge is 0.396 e. The second-order valence-corrected chi connectivity index (χ2v) is 3.43. The molecular formula is C11H11N5O. The smallest absolute Gasteiger partial charge is 0.259 e. The molecule has 2 aromatic heterocycles. The summed E-state index contributed by atoms with van der Waals surface area (Å²) in [5.74, 6) is -0.196. The second kappa shape index (κ2) is 4.56. The molecular weight excluding hydrogens is 218 g/mol. The van der Waals surface area contributed by atoms with Crippen molar-refractivity contribution in [2.75, 3.05) is 17.7 Å². The number of hydrogen-bond donors (Lipinski definition) is 1. The summed E-state index contributed by atoms with van der Waals surface area (Å²) < 4.78 is 0. The lowest BCUT2D eigenvalue weighted by Gasteiger charge is -2.18. The minimum Gasteiger partial charge on any atom is -0.396 e. The zero-order valence-corrected chi connectivity index (χ0v) is 9.24. The van der Waals surface area contributed by atoms with Gasteiger partial charge in [0.2, 0.25) is 0 Å². The number of nitrogen functional groups attached to an aromatic ring is 1. The molecule has 0 spiro atoms. The number of hydrogen-bond acceptors (Lipinski definition) is 5. The van der Waals surface area contributed by atoms with Gasteiger partial charge in [0.15, 0.2) is 0 Å². The molecule has 0 aromatic carbocycles. The molecule has 6 nitrogen and oxygen atoms in total. The maximum absolute atomic E-state index is 12.1. The fourth-order valence-corrected chi connectivity index (χ4v) is 1.43. The van der Waals surface area contributed by atoms with Gasteiger partial charge in [-0.1, -0.05) is 0 Å². The normalized spacial score (nSPS) is 9.94. The van der Waals surface area contributed by atoms with Crippen LogP contribution in [0, 0.1) is 0 Å². The standard InChI is InChI=1S/C11H11N5O/c1-16(10-3-4-13-7-9(10)12)11(17)8-2-5-14-15-6-8/h2-7H,12H2,1H3. The SMILES string of the molecule is CN(C(=O)c1ccnnc1)c1ccncc1N. The van der Waals surface area contributed by atoms with E-state index < -0.39 is 0 Å². The van der Waals surface area contributed by atoms with Crippen LogP contribution in [0.3, 0.4) is 0 Å². The summed E-state index contributed by atoms with van der Waals surface area (Å²) >= 11 is 0. The van der Waals surface area contributed by atoms with Crippen LogP contribution in [-0.2, 0) is 0 Å². The first-order valence-electron chi connectivity index (χ1n) is 4.94. The molecule has 0 radical (unpaired) electrons. The van der Waals surface area contributed by atoms with Crippen molar-refractivity contribution >= 4 is 17.3 Å². The first-order chi connectivity index (χ1) is 8.20. The molecule has 1 amide bonds. The van der Waals surface area contributed by atoms with E-state index in [4.69, 9.17) is 5.73 Å². The fourth-order valence-electron chi connectivity index (χ4n) is 1.43. The molecule has 0 unspecified atom stereocenters. The number of pyridine rings is 1. The van der Waals surface area contributed by atoms with Crippen LogP contribution in [0.1, 0.15) is 10.4 Å². The van der Waals surface area contributed by atoms with Gasteiger partial charge in [0.1, 0.15) is 0 Å². The van der Waals surface area contributed by atoms with E-state index in [0.29, 0.717) is 16.9 Å². The molecule has 0 aliphatic heterocycles. The number of amides is 1. The van der Waals surface area contributed by atoms with Crippen molar-refractivity contribution in [3.05, 3.63) is 42.5 Å². The monoisotopic (exact) mass is 229 g/mol. The van der Waals surface area contributed by atoms with Crippen molar-refractivity contribution in [3.8, 4) is 0 Å². The lowest BCUT2D eigenvalue weighted by molar-refractivity contribution is 0.0992. The minimum atomic E-state index is -0.196. The van der Waals surface area contributed by atoms with Crippen LogP contribution in [0.5, 0.6) is 0 Å². The van der Waals surface area contributed by atoms with Gasteiger partial charge in [0, 0.05) is 13.2 Å². The lowest BCUT2D eigenvalue weighted by atomic mass is 10.2. The molecule has 0 aliphatic rings. The number of nitrogens with two attached hydrogens (primary N) is 1. The molecule has 86 valence electrons. The maximum Gasteiger partial charge on any atom is 0.259 e. The highest BCUT2D eigenvalue weighted by Gasteiger charge is 2.15. The highest BCUT2D eigenvalue weighted by Crippen LogP contribution is 2.21. The average molecular weight is 229 g/mol. The van der Waals surface area contributed by atoms with Crippen LogP contribution < -0.4 is 10.6 Å². The van der Waals surface area contributed by atoms with E-state index in [1.54, 1.807) is 25.4 Å². The summed E-state index contributed by atoms with van der Waals surface area (Å²) in [5.41, 5.74) is 7.27. The molecule has 0 aliphatic carbocycles. The van der Waals surface area contributed by atoms with Crippen molar-refractivity contribution in [1.82, 2.24) is 15.2 Å². The van der Waals surface area contributed by atoms with E-state index in [-0.39, 0.29) is 5.91 Å². The molecule has 2 aromatic rings. The maximum atomic E-state index is 12.1. The van der Waals surface area contributed by atoms with E-state index in [9.17, 15) is 4.79 Å². The summed E-state index contributed by atoms with van der Waals surface area (Å²) in [6, 6.07) is 3.28. The van der Waals surface area contributed by atoms with Gasteiger partial charge in [-0.25, -0.2) is 0 Å². The van der Waals surface area contributed by atoms with Gasteiger partial charge in [-0.2, -0.15) is 10.2 Å². The van der Waals surface area contributed by atoms with Gasteiger partial charge >= 0.3 is 0 Å². The van der Waals surface area contributed by atoms with Gasteiger partial charge < -0.3 is 10.6 Å². The molecule has 2 N–H and O–H groups in total. The first-order valence-corrected chi connectivity index (χ1v) is 4.94. The molecule has 6 heteroatoms. The zero-order valence-electron chi connectivity index (χ0n) is 9.24. The molecule has 2 heterocycles. The number of rotatable bonds is 2. The van der Waals surface area contributed by atoms with E-state index in [2.05, 4.69) is 15.2 Å². The van der Waals surface area contributed by atoms with Crippen LogP contribution in [0.25, 0.3) is 0 Å². The van der Waals surface area contributed by atoms with Gasteiger partial charge in [0.25, 0.3) is 5.91 Å². The summed E-state index contributed by atoms with van der Waals surface area (Å²) in [7, 11) is 1.65. The molecule has 17 heavy (non-hydrogen) atoms. The number of aromatic nitrogens is 3. The number of carbonyl (C=O) groups is 1. The second-order valence-electron chi connectivity index (χ2n) is 3.43. The van der Waals surface area contributed by atoms with E-state index >= 15 is 0 Å². The zero-order chi connectivity index (χ0) is 12.3. The van der Waals surface area contributed by atoms with Crippen molar-refractivity contribution < 1.29 is 4.79 Å². The molecule has 0 atom stereocenters. The van der Waals surface area contributed by atoms with Crippen LogP contribution in [-0.4, -0.2) is 28.1 Å². The van der Waals surface area contributed by atoms with E-state index in [1.165, 1.54) is 23.5 Å². The Morgan fingerprint density at radius 2 is 2.06 bits per heavy atom. The Morgan fingerprint density at radius 1 is 1.24 bits per heavy atom. The van der Waals surface area contributed by atoms with Crippen LogP contribution >= 0.6 is 0 Å². The lowest BCUT2D eigenvalue weighted by Crippen LogP contribution is -2.27. The topological polar surface area (TPSA) is 85.0 Å². The fraction of sp³-hybridized carbons (Fsp3) is 0.0909. The van der Waals surface area contributed by atoms with E-state index in [0.717, 1.165) is 0 Å². The summed E-state index contributed by atoms with van der Waals surface area (Å²) in [5, 5.41) is 7.29.